The fraction of sp³-hybridized carbons (Fsp3) is 0.381. The second-order valence-electron chi connectivity index (χ2n) is 7.39. The van der Waals surface area contributed by atoms with Gasteiger partial charge in [-0.25, -0.2) is 4.98 Å². The number of benzene rings is 1. The van der Waals surface area contributed by atoms with Gasteiger partial charge in [-0.05, 0) is 43.2 Å². The van der Waals surface area contributed by atoms with Gasteiger partial charge in [0.15, 0.2) is 5.17 Å². The van der Waals surface area contributed by atoms with Crippen molar-refractivity contribution in [1.82, 2.24) is 9.97 Å². The van der Waals surface area contributed by atoms with Crippen LogP contribution >= 0.6 is 23.1 Å². The Balaban J connectivity index is 1.51. The number of hydrogen-bond donors (Lipinski definition) is 2. The Labute approximate surface area is 172 Å². The Morgan fingerprint density at radius 2 is 2.21 bits per heavy atom. The lowest BCUT2D eigenvalue weighted by Gasteiger charge is -2.17. The first-order chi connectivity index (χ1) is 13.5. The smallest absolute Gasteiger partial charge is 0.259 e. The summed E-state index contributed by atoms with van der Waals surface area (Å²) in [5.74, 6) is 1.83. The van der Waals surface area contributed by atoms with Crippen molar-refractivity contribution >= 4 is 38.5 Å². The molecule has 0 spiro atoms. The number of amidine groups is 1. The van der Waals surface area contributed by atoms with Crippen LogP contribution in [-0.4, -0.2) is 15.1 Å². The van der Waals surface area contributed by atoms with E-state index in [-0.39, 0.29) is 11.6 Å². The molecule has 0 saturated carbocycles. The Hall–Kier alpha value is -2.12. The summed E-state index contributed by atoms with van der Waals surface area (Å²) in [5, 5.41) is 1.29. The van der Waals surface area contributed by atoms with Crippen LogP contribution in [0.15, 0.2) is 40.1 Å². The molecule has 1 aliphatic carbocycles. The minimum atomic E-state index is -0.0270. The van der Waals surface area contributed by atoms with E-state index in [1.807, 2.05) is 37.3 Å². The lowest BCUT2D eigenvalue weighted by atomic mass is 9.89. The molecule has 7 heteroatoms. The van der Waals surface area contributed by atoms with E-state index in [9.17, 15) is 4.79 Å². The summed E-state index contributed by atoms with van der Waals surface area (Å²) in [4.78, 5) is 27.0. The van der Waals surface area contributed by atoms with Crippen molar-refractivity contribution in [3.8, 4) is 0 Å². The van der Waals surface area contributed by atoms with Crippen LogP contribution in [-0.2, 0) is 18.6 Å². The molecular formula is C21H24N4OS2. The highest BCUT2D eigenvalue weighted by molar-refractivity contribution is 8.13. The van der Waals surface area contributed by atoms with E-state index in [2.05, 4.69) is 16.9 Å². The molecule has 5 nitrogen and oxygen atoms in total. The Morgan fingerprint density at radius 3 is 3.00 bits per heavy atom. The van der Waals surface area contributed by atoms with Crippen molar-refractivity contribution in [2.45, 2.75) is 44.9 Å². The van der Waals surface area contributed by atoms with Crippen molar-refractivity contribution in [3.05, 3.63) is 62.5 Å². The molecular weight excluding hydrogens is 388 g/mol. The van der Waals surface area contributed by atoms with E-state index < -0.39 is 0 Å². The zero-order valence-corrected chi connectivity index (χ0v) is 17.7. The molecule has 0 unspecified atom stereocenters. The van der Waals surface area contributed by atoms with Gasteiger partial charge in [-0.15, -0.1) is 11.3 Å². The highest BCUT2D eigenvalue weighted by Crippen LogP contribution is 2.35. The number of aromatic amines is 1. The van der Waals surface area contributed by atoms with Gasteiger partial charge in [-0.1, -0.05) is 49.0 Å². The van der Waals surface area contributed by atoms with Crippen molar-refractivity contribution in [2.75, 3.05) is 0 Å². The molecule has 0 aliphatic heterocycles. The number of aliphatic imine (C=N–C) groups is 1. The maximum absolute atomic E-state index is 12.7. The lowest BCUT2D eigenvalue weighted by Crippen LogP contribution is -2.15. The molecule has 2 atom stereocenters. The molecule has 0 saturated heterocycles. The first kappa shape index (κ1) is 19.2. The van der Waals surface area contributed by atoms with E-state index >= 15 is 0 Å². The second-order valence-corrected chi connectivity index (χ2v) is 9.47. The largest absolute Gasteiger partial charge is 0.379 e. The van der Waals surface area contributed by atoms with Crippen LogP contribution in [0.5, 0.6) is 0 Å². The van der Waals surface area contributed by atoms with Gasteiger partial charge in [0.25, 0.3) is 5.56 Å². The molecule has 1 aliphatic rings. The van der Waals surface area contributed by atoms with E-state index in [4.69, 9.17) is 10.7 Å². The van der Waals surface area contributed by atoms with Crippen molar-refractivity contribution in [1.29, 1.82) is 0 Å². The third-order valence-electron chi connectivity index (χ3n) is 5.17. The molecule has 3 N–H and O–H groups in total. The Morgan fingerprint density at radius 1 is 1.43 bits per heavy atom. The second kappa shape index (κ2) is 8.09. The van der Waals surface area contributed by atoms with Crippen LogP contribution in [0.3, 0.4) is 0 Å². The molecule has 2 aromatic heterocycles. The first-order valence-electron chi connectivity index (χ1n) is 9.55. The van der Waals surface area contributed by atoms with Crippen LogP contribution in [0.4, 0.5) is 0 Å². The minimum absolute atomic E-state index is 0.00537. The monoisotopic (exact) mass is 412 g/mol. The average Bonchev–Trinajstić information content (AvgIpc) is 3.04. The highest BCUT2D eigenvalue weighted by Gasteiger charge is 2.23. The number of hydrogen-bond acceptors (Lipinski definition) is 5. The summed E-state index contributed by atoms with van der Waals surface area (Å²) in [6.07, 6.45) is 3.17. The summed E-state index contributed by atoms with van der Waals surface area (Å²) < 4.78 is 0. The molecule has 28 heavy (non-hydrogen) atoms. The lowest BCUT2D eigenvalue weighted by molar-refractivity contribution is 0.509. The number of thioether (sulfide) groups is 1. The van der Waals surface area contributed by atoms with Crippen molar-refractivity contribution in [2.24, 2.45) is 16.6 Å². The van der Waals surface area contributed by atoms with Crippen molar-refractivity contribution in [3.63, 3.8) is 0 Å². The van der Waals surface area contributed by atoms with Gasteiger partial charge >= 0.3 is 0 Å². The predicted octanol–water partition coefficient (Wildman–Crippen LogP) is 4.42. The Bertz CT molecular complexity index is 1070. The molecule has 0 fully saturated rings. The average molecular weight is 413 g/mol. The SMILES string of the molecule is C[C@@H]1CCc2c(sc3nc(CSC(N)=N[C@@H](C)c4ccccc4)[nH]c(=O)c23)C1. The van der Waals surface area contributed by atoms with E-state index in [1.54, 1.807) is 11.3 Å². The number of fused-ring (bicyclic) bond motifs is 3. The maximum Gasteiger partial charge on any atom is 0.259 e. The summed E-state index contributed by atoms with van der Waals surface area (Å²) >= 11 is 3.08. The van der Waals surface area contributed by atoms with Crippen molar-refractivity contribution < 1.29 is 0 Å². The number of nitrogens with two attached hydrogens (primary N) is 1. The van der Waals surface area contributed by atoms with E-state index in [0.717, 1.165) is 35.0 Å². The third kappa shape index (κ3) is 4.00. The number of nitrogens with one attached hydrogen (secondary N) is 1. The molecule has 2 heterocycles. The number of rotatable bonds is 4. The van der Waals surface area contributed by atoms with Gasteiger partial charge in [0.2, 0.25) is 0 Å². The van der Waals surface area contributed by atoms with Gasteiger partial charge in [0.1, 0.15) is 10.7 Å². The molecule has 3 aromatic rings. The van der Waals surface area contributed by atoms with Gasteiger partial charge in [-0.3, -0.25) is 9.79 Å². The Kier molecular flexibility index (Phi) is 5.55. The zero-order valence-electron chi connectivity index (χ0n) is 16.1. The number of thiophene rings is 1. The summed E-state index contributed by atoms with van der Waals surface area (Å²) in [7, 11) is 0. The summed E-state index contributed by atoms with van der Waals surface area (Å²) in [6.45, 7) is 4.29. The normalized spacial score (nSPS) is 18.2. The first-order valence-corrected chi connectivity index (χ1v) is 11.4. The van der Waals surface area contributed by atoms with Crippen LogP contribution in [0, 0.1) is 5.92 Å². The van der Waals surface area contributed by atoms with Crippen LogP contribution in [0.1, 0.15) is 48.1 Å². The number of aryl methyl sites for hydroxylation is 1. The minimum Gasteiger partial charge on any atom is -0.379 e. The van der Waals surface area contributed by atoms with Gasteiger partial charge < -0.3 is 10.7 Å². The topological polar surface area (TPSA) is 84.1 Å². The summed E-state index contributed by atoms with van der Waals surface area (Å²) in [6, 6.07) is 10.1. The van der Waals surface area contributed by atoms with E-state index in [1.165, 1.54) is 22.2 Å². The van der Waals surface area contributed by atoms with E-state index in [0.29, 0.717) is 22.7 Å². The quantitative estimate of drug-likeness (QED) is 0.491. The standard InChI is InChI=1S/C21H24N4OS2/c1-12-8-9-15-16(10-12)28-20-18(15)19(26)24-17(25-20)11-27-21(22)23-13(2)14-6-4-3-5-7-14/h3-7,12-13H,8-11H2,1-2H3,(H2,22,23)(H,24,25,26)/t12-,13+/m1/s1. The molecule has 4 rings (SSSR count). The summed E-state index contributed by atoms with van der Waals surface area (Å²) in [5.41, 5.74) is 8.41. The zero-order chi connectivity index (χ0) is 19.7. The van der Waals surface area contributed by atoms with Gasteiger partial charge in [0, 0.05) is 4.88 Å². The van der Waals surface area contributed by atoms with Crippen LogP contribution in [0.2, 0.25) is 0 Å². The fourth-order valence-electron chi connectivity index (χ4n) is 3.64. The van der Waals surface area contributed by atoms with Crippen LogP contribution in [0.25, 0.3) is 10.2 Å². The number of nitrogens with zero attached hydrogens (tertiary/aromatic N) is 2. The van der Waals surface area contributed by atoms with Crippen LogP contribution < -0.4 is 11.3 Å². The molecule has 0 bridgehead atoms. The maximum atomic E-state index is 12.7. The fourth-order valence-corrected chi connectivity index (χ4v) is 5.69. The third-order valence-corrected chi connectivity index (χ3v) is 7.14. The van der Waals surface area contributed by atoms with Gasteiger partial charge in [0.05, 0.1) is 17.2 Å². The molecule has 0 amide bonds. The molecule has 1 aromatic carbocycles. The number of aromatic nitrogens is 2. The predicted molar refractivity (Wildman–Crippen MR) is 119 cm³/mol. The molecule has 146 valence electrons. The molecule has 0 radical (unpaired) electrons. The highest BCUT2D eigenvalue weighted by atomic mass is 32.2. The number of H-pyrrole nitrogens is 1. The van der Waals surface area contributed by atoms with Gasteiger partial charge in [-0.2, -0.15) is 0 Å².